The first-order valence-corrected chi connectivity index (χ1v) is 7.70. The first-order chi connectivity index (χ1) is 11.1. The summed E-state index contributed by atoms with van der Waals surface area (Å²) in [4.78, 5) is 28.4. The summed E-state index contributed by atoms with van der Waals surface area (Å²) in [5.41, 5.74) is 1.46. The van der Waals surface area contributed by atoms with Crippen LogP contribution in [0.2, 0.25) is 0 Å². The van der Waals surface area contributed by atoms with E-state index in [1.165, 1.54) is 0 Å². The Morgan fingerprint density at radius 1 is 1.13 bits per heavy atom. The molecule has 4 atom stereocenters. The second-order valence-electron chi connectivity index (χ2n) is 6.24. The number of fused-ring (bicyclic) bond motifs is 3. The van der Waals surface area contributed by atoms with E-state index in [0.29, 0.717) is 5.69 Å². The molecule has 1 fully saturated rings. The van der Waals surface area contributed by atoms with E-state index < -0.39 is 17.8 Å². The zero-order valence-electron chi connectivity index (χ0n) is 12.3. The van der Waals surface area contributed by atoms with Gasteiger partial charge in [-0.05, 0) is 30.4 Å². The molecule has 2 bridgehead atoms. The molecule has 0 saturated heterocycles. The fourth-order valence-electron chi connectivity index (χ4n) is 3.88. The molecule has 2 aliphatic rings. The first kappa shape index (κ1) is 13.9. The van der Waals surface area contributed by atoms with Gasteiger partial charge in [0.25, 0.3) is 0 Å². The molecule has 0 radical (unpaired) electrons. The number of aliphatic carboxylic acids is 1. The molecule has 1 aromatic carbocycles. The van der Waals surface area contributed by atoms with Gasteiger partial charge in [0.05, 0.1) is 29.2 Å². The van der Waals surface area contributed by atoms with E-state index in [1.54, 1.807) is 6.20 Å². The average Bonchev–Trinajstić information content (AvgIpc) is 3.15. The van der Waals surface area contributed by atoms with Crippen molar-refractivity contribution < 1.29 is 14.7 Å². The lowest BCUT2D eigenvalue weighted by molar-refractivity contribution is -0.146. The van der Waals surface area contributed by atoms with Crippen molar-refractivity contribution in [1.82, 2.24) is 4.98 Å². The van der Waals surface area contributed by atoms with Crippen LogP contribution >= 0.6 is 0 Å². The minimum Gasteiger partial charge on any atom is -0.481 e. The maximum atomic E-state index is 12.6. The summed E-state index contributed by atoms with van der Waals surface area (Å²) in [6, 6.07) is 9.52. The number of carboxylic acids is 1. The predicted molar refractivity (Wildman–Crippen MR) is 85.7 cm³/mol. The van der Waals surface area contributed by atoms with Crippen LogP contribution in [0.15, 0.2) is 48.7 Å². The van der Waals surface area contributed by atoms with Gasteiger partial charge in [-0.3, -0.25) is 14.6 Å². The lowest BCUT2D eigenvalue weighted by Gasteiger charge is -2.23. The van der Waals surface area contributed by atoms with E-state index >= 15 is 0 Å². The Bertz CT molecular complexity index is 830. The maximum Gasteiger partial charge on any atom is 0.307 e. The summed E-state index contributed by atoms with van der Waals surface area (Å²) in [6.07, 6.45) is 6.28. The molecule has 0 spiro atoms. The summed E-state index contributed by atoms with van der Waals surface area (Å²) in [7, 11) is 0. The zero-order valence-corrected chi connectivity index (χ0v) is 12.3. The fraction of sp³-hybridized carbons (Fsp3) is 0.278. The van der Waals surface area contributed by atoms with E-state index in [4.69, 9.17) is 0 Å². The first-order valence-electron chi connectivity index (χ1n) is 7.70. The molecule has 5 heteroatoms. The van der Waals surface area contributed by atoms with E-state index in [0.717, 1.165) is 17.3 Å². The number of pyridine rings is 1. The largest absolute Gasteiger partial charge is 0.481 e. The number of hydrogen-bond donors (Lipinski definition) is 2. The van der Waals surface area contributed by atoms with Crippen LogP contribution < -0.4 is 5.32 Å². The Hall–Kier alpha value is -2.69. The standard InChI is InChI=1S/C18H16N2O3/c21-17(15-11-5-6-12(7-11)16(15)18(22)23)20-13-8-10-3-1-2-4-14(10)19-9-13/h1-6,8-9,11-12,15-16H,7H2,(H,20,21)(H,22,23)/t11-,12+,15+,16-/m1/s1. The van der Waals surface area contributed by atoms with Crippen molar-refractivity contribution >= 4 is 28.5 Å². The molecular weight excluding hydrogens is 292 g/mol. The van der Waals surface area contributed by atoms with Gasteiger partial charge in [-0.1, -0.05) is 30.4 Å². The van der Waals surface area contributed by atoms with Crippen LogP contribution in [-0.4, -0.2) is 22.0 Å². The van der Waals surface area contributed by atoms with Crippen molar-refractivity contribution in [2.45, 2.75) is 6.42 Å². The van der Waals surface area contributed by atoms with E-state index in [9.17, 15) is 14.7 Å². The van der Waals surface area contributed by atoms with Crippen molar-refractivity contribution in [2.75, 3.05) is 5.32 Å². The molecule has 23 heavy (non-hydrogen) atoms. The third kappa shape index (κ3) is 2.29. The number of hydrogen-bond acceptors (Lipinski definition) is 3. The number of benzene rings is 1. The minimum absolute atomic E-state index is 0.0227. The van der Waals surface area contributed by atoms with Crippen LogP contribution in [0, 0.1) is 23.7 Å². The Balaban J connectivity index is 1.59. The lowest BCUT2D eigenvalue weighted by atomic mass is 9.82. The fourth-order valence-corrected chi connectivity index (χ4v) is 3.88. The molecule has 4 rings (SSSR count). The zero-order chi connectivity index (χ0) is 16.0. The van der Waals surface area contributed by atoms with Crippen LogP contribution in [-0.2, 0) is 9.59 Å². The van der Waals surface area contributed by atoms with Crippen molar-refractivity contribution in [3.8, 4) is 0 Å². The quantitative estimate of drug-likeness (QED) is 0.854. The summed E-state index contributed by atoms with van der Waals surface area (Å²) in [5, 5.41) is 13.2. The third-order valence-corrected chi connectivity index (χ3v) is 4.91. The Kier molecular flexibility index (Phi) is 3.15. The molecule has 5 nitrogen and oxygen atoms in total. The van der Waals surface area contributed by atoms with E-state index in [1.807, 2.05) is 42.5 Å². The molecule has 2 aliphatic carbocycles. The summed E-state index contributed by atoms with van der Waals surface area (Å²) in [5.74, 6) is -2.25. The number of amides is 1. The van der Waals surface area contributed by atoms with Gasteiger partial charge in [0, 0.05) is 5.39 Å². The molecule has 116 valence electrons. The molecule has 1 saturated carbocycles. The third-order valence-electron chi connectivity index (χ3n) is 4.91. The highest BCUT2D eigenvalue weighted by molar-refractivity contribution is 5.97. The molecule has 1 amide bonds. The highest BCUT2D eigenvalue weighted by Crippen LogP contribution is 2.48. The second kappa shape index (κ2) is 5.19. The Labute approximate surface area is 133 Å². The number of rotatable bonds is 3. The smallest absolute Gasteiger partial charge is 0.307 e. The number of nitrogens with one attached hydrogen (secondary N) is 1. The van der Waals surface area contributed by atoms with Gasteiger partial charge < -0.3 is 10.4 Å². The minimum atomic E-state index is -0.890. The summed E-state index contributed by atoms with van der Waals surface area (Å²) >= 11 is 0. The van der Waals surface area contributed by atoms with Crippen molar-refractivity contribution in [2.24, 2.45) is 23.7 Å². The highest BCUT2D eigenvalue weighted by Gasteiger charge is 2.51. The van der Waals surface area contributed by atoms with Crippen molar-refractivity contribution in [3.05, 3.63) is 48.7 Å². The van der Waals surface area contributed by atoms with Gasteiger partial charge in [0.1, 0.15) is 0 Å². The molecule has 1 heterocycles. The summed E-state index contributed by atoms with van der Waals surface area (Å²) < 4.78 is 0. The molecule has 1 aromatic heterocycles. The average molecular weight is 308 g/mol. The number of para-hydroxylation sites is 1. The number of carboxylic acid groups (broad SMARTS) is 1. The lowest BCUT2D eigenvalue weighted by Crippen LogP contribution is -2.36. The van der Waals surface area contributed by atoms with Gasteiger partial charge >= 0.3 is 5.97 Å². The monoisotopic (exact) mass is 308 g/mol. The SMILES string of the molecule is O=C(Nc1cnc2ccccc2c1)[C@@H]1[C@H](C(=O)O)[C@H]2C=C[C@@H]1C2. The van der Waals surface area contributed by atoms with Gasteiger partial charge in [-0.25, -0.2) is 0 Å². The van der Waals surface area contributed by atoms with Gasteiger partial charge in [0.15, 0.2) is 0 Å². The molecular formula is C18H16N2O3. The van der Waals surface area contributed by atoms with Crippen molar-refractivity contribution in [3.63, 3.8) is 0 Å². The highest BCUT2D eigenvalue weighted by atomic mass is 16.4. The Morgan fingerprint density at radius 2 is 1.87 bits per heavy atom. The van der Waals surface area contributed by atoms with Crippen LogP contribution in [0.25, 0.3) is 10.9 Å². The maximum absolute atomic E-state index is 12.6. The number of nitrogens with zero attached hydrogens (tertiary/aromatic N) is 1. The summed E-state index contributed by atoms with van der Waals surface area (Å²) in [6.45, 7) is 0. The number of allylic oxidation sites excluding steroid dienone is 2. The van der Waals surface area contributed by atoms with Crippen LogP contribution in [0.5, 0.6) is 0 Å². The van der Waals surface area contributed by atoms with Crippen LogP contribution in [0.4, 0.5) is 5.69 Å². The van der Waals surface area contributed by atoms with Gasteiger partial charge in [-0.2, -0.15) is 0 Å². The number of carbonyl (C=O) groups excluding carboxylic acids is 1. The number of aromatic nitrogens is 1. The molecule has 0 aliphatic heterocycles. The number of anilines is 1. The molecule has 2 N–H and O–H groups in total. The topological polar surface area (TPSA) is 79.3 Å². The van der Waals surface area contributed by atoms with Crippen LogP contribution in [0.1, 0.15) is 6.42 Å². The van der Waals surface area contributed by atoms with Gasteiger partial charge in [-0.15, -0.1) is 0 Å². The van der Waals surface area contributed by atoms with E-state index in [2.05, 4.69) is 10.3 Å². The normalized spacial score (nSPS) is 28.2. The predicted octanol–water partition coefficient (Wildman–Crippen LogP) is 2.70. The van der Waals surface area contributed by atoms with E-state index in [-0.39, 0.29) is 17.7 Å². The molecule has 2 aromatic rings. The second-order valence-corrected chi connectivity index (χ2v) is 6.24. The van der Waals surface area contributed by atoms with Crippen LogP contribution in [0.3, 0.4) is 0 Å². The number of carbonyl (C=O) groups is 2. The Morgan fingerprint density at radius 3 is 2.65 bits per heavy atom. The van der Waals surface area contributed by atoms with Crippen molar-refractivity contribution in [1.29, 1.82) is 0 Å². The van der Waals surface area contributed by atoms with Gasteiger partial charge in [0.2, 0.25) is 5.91 Å². The molecule has 0 unspecified atom stereocenters.